The molecule has 1 heterocycles. The van der Waals surface area contributed by atoms with Gasteiger partial charge in [-0.15, -0.1) is 0 Å². The van der Waals surface area contributed by atoms with Crippen LogP contribution in [0.1, 0.15) is 40.8 Å². The largest absolute Gasteiger partial charge is 0.393 e. The topological polar surface area (TPSA) is 88.2 Å². The fourth-order valence-electron chi connectivity index (χ4n) is 2.99. The summed E-state index contributed by atoms with van der Waals surface area (Å²) < 4.78 is 18.4. The highest BCUT2D eigenvalue weighted by atomic mass is 35.5. The number of hydrogen-bond donors (Lipinski definition) is 2. The Hall–Kier alpha value is -1.99. The molecule has 1 saturated carbocycles. The van der Waals surface area contributed by atoms with Crippen molar-refractivity contribution >= 4 is 17.5 Å². The smallest absolute Gasteiger partial charge is 0.252 e. The molecular formula is C16H17ClFN3O3. The van der Waals surface area contributed by atoms with Gasteiger partial charge in [-0.25, -0.2) is 4.39 Å². The van der Waals surface area contributed by atoms with E-state index in [9.17, 15) is 14.3 Å². The summed E-state index contributed by atoms with van der Waals surface area (Å²) in [6, 6.07) is 3.62. The van der Waals surface area contributed by atoms with Crippen molar-refractivity contribution in [2.24, 2.45) is 5.92 Å². The number of aryl methyl sites for hydroxylation is 1. The lowest BCUT2D eigenvalue weighted by molar-refractivity contribution is 0.0916. The second-order valence-electron chi connectivity index (χ2n) is 6.01. The van der Waals surface area contributed by atoms with Gasteiger partial charge in [0.05, 0.1) is 16.7 Å². The molecule has 3 rings (SSSR count). The quantitative estimate of drug-likeness (QED) is 0.881. The number of hydrogen-bond acceptors (Lipinski definition) is 5. The van der Waals surface area contributed by atoms with Gasteiger partial charge < -0.3 is 14.9 Å². The number of nitrogens with one attached hydrogen (secondary N) is 1. The van der Waals surface area contributed by atoms with Gasteiger partial charge in [0, 0.05) is 18.4 Å². The minimum Gasteiger partial charge on any atom is -0.393 e. The molecule has 2 N–H and O–H groups in total. The van der Waals surface area contributed by atoms with Crippen molar-refractivity contribution < 1.29 is 18.8 Å². The van der Waals surface area contributed by atoms with Crippen LogP contribution in [0.3, 0.4) is 0 Å². The van der Waals surface area contributed by atoms with Crippen LogP contribution in [0.2, 0.25) is 5.02 Å². The van der Waals surface area contributed by atoms with Gasteiger partial charge >= 0.3 is 0 Å². The maximum atomic E-state index is 13.2. The molecule has 2 aromatic rings. The number of benzene rings is 1. The summed E-state index contributed by atoms with van der Waals surface area (Å²) in [5, 5.41) is 16.8. The van der Waals surface area contributed by atoms with E-state index in [1.165, 1.54) is 12.1 Å². The zero-order valence-corrected chi connectivity index (χ0v) is 13.8. The minimum atomic E-state index is -0.578. The van der Waals surface area contributed by atoms with E-state index < -0.39 is 17.8 Å². The summed E-state index contributed by atoms with van der Waals surface area (Å²) in [6.07, 6.45) is 0.550. The van der Waals surface area contributed by atoms with Gasteiger partial charge in [0.15, 0.2) is 5.82 Å². The lowest BCUT2D eigenvalue weighted by Gasteiger charge is -2.15. The van der Waals surface area contributed by atoms with Gasteiger partial charge in [0.25, 0.3) is 5.91 Å². The van der Waals surface area contributed by atoms with Crippen molar-refractivity contribution in [1.82, 2.24) is 15.5 Å². The Balaban J connectivity index is 1.60. The average Bonchev–Trinajstić information content (AvgIpc) is 3.13. The predicted octanol–water partition coefficient (Wildman–Crippen LogP) is 2.46. The highest BCUT2D eigenvalue weighted by Crippen LogP contribution is 2.37. The summed E-state index contributed by atoms with van der Waals surface area (Å²) in [6.45, 7) is 2.00. The Morgan fingerprint density at radius 3 is 3.00 bits per heavy atom. The number of amides is 1. The number of aliphatic hydroxyl groups excluding tert-OH is 1. The predicted molar refractivity (Wildman–Crippen MR) is 84.3 cm³/mol. The summed E-state index contributed by atoms with van der Waals surface area (Å²) >= 11 is 5.92. The van der Waals surface area contributed by atoms with Crippen molar-refractivity contribution in [2.45, 2.75) is 31.8 Å². The molecule has 1 aromatic heterocycles. The third kappa shape index (κ3) is 3.57. The van der Waals surface area contributed by atoms with Gasteiger partial charge in [-0.2, -0.15) is 4.98 Å². The molecule has 0 unspecified atom stereocenters. The molecule has 128 valence electrons. The Bertz CT molecular complexity index is 752. The number of halogens is 2. The fourth-order valence-corrected chi connectivity index (χ4v) is 3.20. The van der Waals surface area contributed by atoms with Gasteiger partial charge in [-0.05, 0) is 38.0 Å². The summed E-state index contributed by atoms with van der Waals surface area (Å²) in [4.78, 5) is 16.3. The Morgan fingerprint density at radius 2 is 2.29 bits per heavy atom. The van der Waals surface area contributed by atoms with Crippen LogP contribution >= 0.6 is 11.6 Å². The van der Waals surface area contributed by atoms with Crippen LogP contribution < -0.4 is 5.32 Å². The lowest BCUT2D eigenvalue weighted by Crippen LogP contribution is -2.32. The number of aromatic nitrogens is 2. The first kappa shape index (κ1) is 16.9. The first-order valence-electron chi connectivity index (χ1n) is 7.65. The van der Waals surface area contributed by atoms with Crippen LogP contribution in [0.5, 0.6) is 0 Å². The molecule has 0 saturated heterocycles. The molecule has 8 heteroatoms. The van der Waals surface area contributed by atoms with Crippen molar-refractivity contribution in [2.75, 3.05) is 6.54 Å². The second-order valence-corrected chi connectivity index (χ2v) is 6.42. The highest BCUT2D eigenvalue weighted by molar-refractivity contribution is 6.33. The third-order valence-electron chi connectivity index (χ3n) is 4.25. The minimum absolute atomic E-state index is 0.0270. The zero-order valence-electron chi connectivity index (χ0n) is 13.0. The van der Waals surface area contributed by atoms with E-state index in [1.54, 1.807) is 6.92 Å². The third-order valence-corrected chi connectivity index (χ3v) is 4.58. The average molecular weight is 354 g/mol. The lowest BCUT2D eigenvalue weighted by atomic mass is 10.0. The number of rotatable bonds is 4. The van der Waals surface area contributed by atoms with Gasteiger partial charge in [-0.1, -0.05) is 16.8 Å². The first-order valence-corrected chi connectivity index (χ1v) is 8.03. The maximum Gasteiger partial charge on any atom is 0.252 e. The van der Waals surface area contributed by atoms with E-state index in [4.69, 9.17) is 16.1 Å². The Labute approximate surface area is 143 Å². The summed E-state index contributed by atoms with van der Waals surface area (Å²) in [7, 11) is 0. The standard InChI is InChI=1S/C16H17ClFN3O3/c1-8-20-16(24-21-8)9-4-10(14(22)5-9)7-19-15(23)12-6-11(18)2-3-13(12)17/h2-3,6,9-10,14,22H,4-5,7H2,1H3,(H,19,23)/t9-,10+,14+/m0/s1. The molecule has 1 aliphatic rings. The summed E-state index contributed by atoms with van der Waals surface area (Å²) in [5.41, 5.74) is 0.0771. The maximum absolute atomic E-state index is 13.2. The van der Waals surface area contributed by atoms with Crippen molar-refractivity contribution in [3.05, 3.63) is 46.3 Å². The van der Waals surface area contributed by atoms with Crippen molar-refractivity contribution in [3.63, 3.8) is 0 Å². The van der Waals surface area contributed by atoms with Gasteiger partial charge in [0.2, 0.25) is 5.89 Å². The zero-order chi connectivity index (χ0) is 17.3. The molecule has 0 bridgehead atoms. The highest BCUT2D eigenvalue weighted by Gasteiger charge is 2.36. The normalized spacial score (nSPS) is 23.4. The van der Waals surface area contributed by atoms with Crippen LogP contribution in [0.15, 0.2) is 22.7 Å². The van der Waals surface area contributed by atoms with E-state index in [1.807, 2.05) is 0 Å². The fraction of sp³-hybridized carbons (Fsp3) is 0.438. The van der Waals surface area contributed by atoms with Crippen LogP contribution in [-0.2, 0) is 0 Å². The number of nitrogens with zero attached hydrogens (tertiary/aromatic N) is 2. The van der Waals surface area contributed by atoms with Gasteiger partial charge in [0.1, 0.15) is 5.82 Å². The van der Waals surface area contributed by atoms with Crippen molar-refractivity contribution in [1.29, 1.82) is 0 Å². The molecule has 1 aromatic carbocycles. The number of carbonyl (C=O) groups excluding carboxylic acids is 1. The Kier molecular flexibility index (Phi) is 4.82. The van der Waals surface area contributed by atoms with Crippen LogP contribution in [0.4, 0.5) is 4.39 Å². The molecule has 1 amide bonds. The van der Waals surface area contributed by atoms with Crippen LogP contribution in [0, 0.1) is 18.7 Å². The monoisotopic (exact) mass is 353 g/mol. The second kappa shape index (κ2) is 6.86. The molecule has 0 spiro atoms. The van der Waals surface area contributed by atoms with E-state index in [0.717, 1.165) is 6.07 Å². The van der Waals surface area contributed by atoms with Crippen LogP contribution in [-0.4, -0.2) is 33.8 Å². The van der Waals surface area contributed by atoms with E-state index >= 15 is 0 Å². The molecule has 0 aliphatic heterocycles. The number of carbonyl (C=O) groups is 1. The molecule has 1 aliphatic carbocycles. The number of aliphatic hydroxyl groups is 1. The molecule has 0 radical (unpaired) electrons. The molecule has 24 heavy (non-hydrogen) atoms. The van der Waals surface area contributed by atoms with E-state index in [-0.39, 0.29) is 29.0 Å². The summed E-state index contributed by atoms with van der Waals surface area (Å²) in [5.74, 6) is -0.106. The molecular weight excluding hydrogens is 337 g/mol. The SMILES string of the molecule is Cc1noc([C@H]2C[C@H](CNC(=O)c3cc(F)ccc3Cl)[C@H](O)C2)n1. The van der Waals surface area contributed by atoms with Gasteiger partial charge in [-0.3, -0.25) is 4.79 Å². The first-order chi connectivity index (χ1) is 11.4. The van der Waals surface area contributed by atoms with E-state index in [2.05, 4.69) is 15.5 Å². The van der Waals surface area contributed by atoms with Crippen molar-refractivity contribution in [3.8, 4) is 0 Å². The molecule has 1 fully saturated rings. The Morgan fingerprint density at radius 1 is 1.50 bits per heavy atom. The molecule has 3 atom stereocenters. The van der Waals surface area contributed by atoms with E-state index in [0.29, 0.717) is 24.6 Å². The molecule has 6 nitrogen and oxygen atoms in total. The van der Waals surface area contributed by atoms with Crippen LogP contribution in [0.25, 0.3) is 0 Å².